The molecule has 0 spiro atoms. The highest BCUT2D eigenvalue weighted by Crippen LogP contribution is 2.44. The molecule has 0 unspecified atom stereocenters. The molecule has 1 aliphatic carbocycles. The van der Waals surface area contributed by atoms with Gasteiger partial charge in [-0.2, -0.15) is 13.2 Å². The molecule has 0 amide bonds. The number of rotatable bonds is 10. The summed E-state index contributed by atoms with van der Waals surface area (Å²) in [7, 11) is 1.72. The Bertz CT molecular complexity index is 617. The van der Waals surface area contributed by atoms with Gasteiger partial charge in [-0.05, 0) is 37.7 Å². The maximum Gasteiger partial charge on any atom is 0.417 e. The smallest absolute Gasteiger partial charge is 0.417 e. The third-order valence-electron chi connectivity index (χ3n) is 4.88. The molecule has 0 atom stereocenters. The van der Waals surface area contributed by atoms with Gasteiger partial charge in [0, 0.05) is 39.1 Å². The van der Waals surface area contributed by atoms with Crippen LogP contribution in [0.4, 0.5) is 13.2 Å². The van der Waals surface area contributed by atoms with Gasteiger partial charge in [-0.25, -0.2) is 4.98 Å². The number of alkyl halides is 3. The van der Waals surface area contributed by atoms with Crippen LogP contribution in [0.3, 0.4) is 0 Å². The Hall–Kier alpha value is -2.03. The lowest BCUT2D eigenvalue weighted by atomic mass is 9.67. The summed E-state index contributed by atoms with van der Waals surface area (Å²) in [4.78, 5) is 8.37. The van der Waals surface area contributed by atoms with Gasteiger partial charge in [0.25, 0.3) is 0 Å². The molecule has 6 nitrogen and oxygen atoms in total. The quantitative estimate of drug-likeness (QED) is 0.357. The zero-order valence-corrected chi connectivity index (χ0v) is 16.4. The van der Waals surface area contributed by atoms with E-state index in [2.05, 4.69) is 20.6 Å². The SMILES string of the molecule is CCNC(=NCC1(CCOC)CCC1)NCCOc1ccc(C(F)(F)F)cn1. The van der Waals surface area contributed by atoms with Gasteiger partial charge in [-0.3, -0.25) is 4.99 Å². The highest BCUT2D eigenvalue weighted by atomic mass is 19.4. The van der Waals surface area contributed by atoms with Crippen molar-refractivity contribution in [2.75, 3.05) is 40.0 Å². The minimum Gasteiger partial charge on any atom is -0.476 e. The van der Waals surface area contributed by atoms with E-state index in [0.29, 0.717) is 12.5 Å². The third kappa shape index (κ3) is 6.85. The van der Waals surface area contributed by atoms with Crippen molar-refractivity contribution < 1.29 is 22.6 Å². The van der Waals surface area contributed by atoms with E-state index in [1.165, 1.54) is 25.3 Å². The van der Waals surface area contributed by atoms with E-state index < -0.39 is 11.7 Å². The van der Waals surface area contributed by atoms with Gasteiger partial charge in [0.1, 0.15) is 6.61 Å². The first kappa shape index (κ1) is 22.3. The molecule has 1 fully saturated rings. The first-order chi connectivity index (χ1) is 13.4. The molecule has 1 saturated carbocycles. The Morgan fingerprint density at radius 1 is 1.25 bits per heavy atom. The van der Waals surface area contributed by atoms with Crippen LogP contribution in [0.2, 0.25) is 0 Å². The summed E-state index contributed by atoms with van der Waals surface area (Å²) in [5, 5.41) is 6.37. The Morgan fingerprint density at radius 3 is 2.57 bits per heavy atom. The van der Waals surface area contributed by atoms with E-state index in [0.717, 1.165) is 38.4 Å². The molecule has 2 N–H and O–H groups in total. The molecule has 0 bridgehead atoms. The molecule has 1 aliphatic rings. The number of pyridine rings is 1. The first-order valence-corrected chi connectivity index (χ1v) is 9.56. The Kier molecular flexibility index (Phi) is 8.35. The summed E-state index contributed by atoms with van der Waals surface area (Å²) in [5.41, 5.74) is -0.558. The Labute approximate surface area is 163 Å². The lowest BCUT2D eigenvalue weighted by Crippen LogP contribution is -2.41. The number of nitrogens with zero attached hydrogens (tertiary/aromatic N) is 2. The molecule has 158 valence electrons. The van der Waals surface area contributed by atoms with Crippen LogP contribution in [-0.2, 0) is 10.9 Å². The monoisotopic (exact) mass is 402 g/mol. The summed E-state index contributed by atoms with van der Waals surface area (Å²) in [6.45, 7) is 4.93. The zero-order valence-electron chi connectivity index (χ0n) is 16.4. The van der Waals surface area contributed by atoms with Crippen molar-refractivity contribution in [3.63, 3.8) is 0 Å². The van der Waals surface area contributed by atoms with Crippen molar-refractivity contribution in [2.45, 2.75) is 38.8 Å². The molecule has 1 aromatic rings. The number of ether oxygens (including phenoxy) is 2. The molecule has 0 aliphatic heterocycles. The molecular weight excluding hydrogens is 373 g/mol. The van der Waals surface area contributed by atoms with Crippen molar-refractivity contribution >= 4 is 5.96 Å². The molecule has 28 heavy (non-hydrogen) atoms. The van der Waals surface area contributed by atoms with Gasteiger partial charge in [0.15, 0.2) is 5.96 Å². The fourth-order valence-electron chi connectivity index (χ4n) is 3.03. The van der Waals surface area contributed by atoms with Gasteiger partial charge in [0.05, 0.1) is 12.1 Å². The largest absolute Gasteiger partial charge is 0.476 e. The predicted octanol–water partition coefficient (Wildman–Crippen LogP) is 3.24. The highest BCUT2D eigenvalue weighted by Gasteiger charge is 2.36. The van der Waals surface area contributed by atoms with Crippen LogP contribution < -0.4 is 15.4 Å². The fourth-order valence-corrected chi connectivity index (χ4v) is 3.03. The van der Waals surface area contributed by atoms with Crippen LogP contribution in [0.15, 0.2) is 23.3 Å². The van der Waals surface area contributed by atoms with Gasteiger partial charge < -0.3 is 20.1 Å². The second-order valence-corrected chi connectivity index (χ2v) is 6.95. The van der Waals surface area contributed by atoms with Crippen molar-refractivity contribution in [3.8, 4) is 5.88 Å². The summed E-state index contributed by atoms with van der Waals surface area (Å²) in [6, 6.07) is 2.18. The Balaban J connectivity index is 1.78. The summed E-state index contributed by atoms with van der Waals surface area (Å²) in [6.07, 6.45) is 0.952. The number of aliphatic imine (C=N–C) groups is 1. The summed E-state index contributed by atoms with van der Waals surface area (Å²) >= 11 is 0. The minimum atomic E-state index is -4.40. The van der Waals surface area contributed by atoms with Crippen LogP contribution >= 0.6 is 0 Å². The summed E-state index contributed by atoms with van der Waals surface area (Å²) in [5.74, 6) is 0.861. The number of nitrogens with one attached hydrogen (secondary N) is 2. The molecule has 0 aromatic carbocycles. The van der Waals surface area contributed by atoms with Crippen LogP contribution in [-0.4, -0.2) is 50.9 Å². The number of hydrogen-bond acceptors (Lipinski definition) is 4. The fraction of sp³-hybridized carbons (Fsp3) is 0.684. The minimum absolute atomic E-state index is 0.157. The normalized spacial score (nSPS) is 16.4. The maximum absolute atomic E-state index is 12.5. The van der Waals surface area contributed by atoms with Crippen LogP contribution in [0.1, 0.15) is 38.2 Å². The highest BCUT2D eigenvalue weighted by molar-refractivity contribution is 5.79. The number of aromatic nitrogens is 1. The van der Waals surface area contributed by atoms with E-state index in [9.17, 15) is 13.2 Å². The Morgan fingerprint density at radius 2 is 2.04 bits per heavy atom. The van der Waals surface area contributed by atoms with E-state index in [1.807, 2.05) is 6.92 Å². The van der Waals surface area contributed by atoms with Gasteiger partial charge in [0.2, 0.25) is 5.88 Å². The topological polar surface area (TPSA) is 67.8 Å². The maximum atomic E-state index is 12.5. The van der Waals surface area contributed by atoms with E-state index in [1.54, 1.807) is 7.11 Å². The third-order valence-corrected chi connectivity index (χ3v) is 4.88. The first-order valence-electron chi connectivity index (χ1n) is 9.56. The van der Waals surface area contributed by atoms with Crippen LogP contribution in [0, 0.1) is 5.41 Å². The average molecular weight is 402 g/mol. The van der Waals surface area contributed by atoms with E-state index in [4.69, 9.17) is 9.47 Å². The van der Waals surface area contributed by atoms with Gasteiger partial charge >= 0.3 is 6.18 Å². The number of methoxy groups -OCH3 is 1. The molecule has 0 saturated heterocycles. The van der Waals surface area contributed by atoms with Crippen molar-refractivity contribution in [1.82, 2.24) is 15.6 Å². The molecule has 1 heterocycles. The molecule has 9 heteroatoms. The van der Waals surface area contributed by atoms with Crippen molar-refractivity contribution in [2.24, 2.45) is 10.4 Å². The predicted molar refractivity (Wildman–Crippen MR) is 101 cm³/mol. The summed E-state index contributed by atoms with van der Waals surface area (Å²) < 4.78 is 48.2. The van der Waals surface area contributed by atoms with E-state index in [-0.39, 0.29) is 17.9 Å². The number of hydrogen-bond donors (Lipinski definition) is 2. The van der Waals surface area contributed by atoms with Crippen molar-refractivity contribution in [1.29, 1.82) is 0 Å². The lowest BCUT2D eigenvalue weighted by molar-refractivity contribution is -0.137. The number of guanidine groups is 1. The molecule has 1 aromatic heterocycles. The average Bonchev–Trinajstić information content (AvgIpc) is 2.63. The molecule has 2 rings (SSSR count). The zero-order chi connectivity index (χ0) is 20.5. The van der Waals surface area contributed by atoms with Gasteiger partial charge in [-0.15, -0.1) is 0 Å². The van der Waals surface area contributed by atoms with Crippen LogP contribution in [0.25, 0.3) is 0 Å². The van der Waals surface area contributed by atoms with E-state index >= 15 is 0 Å². The lowest BCUT2D eigenvalue weighted by Gasteiger charge is -2.40. The van der Waals surface area contributed by atoms with Crippen molar-refractivity contribution in [3.05, 3.63) is 23.9 Å². The standard InChI is InChI=1S/C19H29F3N4O2/c1-3-23-17(26-14-18(7-4-8-18)9-11-27-2)24-10-12-28-16-6-5-15(13-25-16)19(20,21)22/h5-6,13H,3-4,7-12,14H2,1-2H3,(H2,23,24,26). The molecular formula is C19H29F3N4O2. The second kappa shape index (κ2) is 10.5. The second-order valence-electron chi connectivity index (χ2n) is 6.95. The van der Waals surface area contributed by atoms with Crippen LogP contribution in [0.5, 0.6) is 5.88 Å². The van der Waals surface area contributed by atoms with Gasteiger partial charge in [-0.1, -0.05) is 6.42 Å². The molecule has 0 radical (unpaired) electrons. The number of halogens is 3.